The molecular formula is C19H26ClN3O3. The number of amides is 2. The summed E-state index contributed by atoms with van der Waals surface area (Å²) in [6.07, 6.45) is 3.05. The molecular weight excluding hydrogens is 354 g/mol. The smallest absolute Gasteiger partial charge is 0.245 e. The van der Waals surface area contributed by atoms with Crippen molar-refractivity contribution in [3.63, 3.8) is 0 Å². The molecule has 1 aromatic rings. The van der Waals surface area contributed by atoms with E-state index < -0.39 is 0 Å². The van der Waals surface area contributed by atoms with E-state index in [0.717, 1.165) is 50.2 Å². The number of hydrogen-bond acceptors (Lipinski definition) is 4. The maximum absolute atomic E-state index is 12.7. The molecule has 26 heavy (non-hydrogen) atoms. The van der Waals surface area contributed by atoms with Gasteiger partial charge in [-0.3, -0.25) is 14.5 Å². The maximum atomic E-state index is 12.7. The van der Waals surface area contributed by atoms with Gasteiger partial charge in [0.15, 0.2) is 0 Å². The molecule has 1 N–H and O–H groups in total. The van der Waals surface area contributed by atoms with E-state index in [1.54, 1.807) is 7.11 Å². The van der Waals surface area contributed by atoms with Crippen molar-refractivity contribution >= 4 is 23.4 Å². The van der Waals surface area contributed by atoms with Crippen LogP contribution in [0.25, 0.3) is 0 Å². The highest BCUT2D eigenvalue weighted by Crippen LogP contribution is 2.24. The molecule has 0 aliphatic carbocycles. The highest BCUT2D eigenvalue weighted by molar-refractivity contribution is 6.30. The summed E-state index contributed by atoms with van der Waals surface area (Å²) in [4.78, 5) is 28.6. The second kappa shape index (κ2) is 8.73. The molecule has 2 fully saturated rings. The lowest BCUT2D eigenvalue weighted by Gasteiger charge is -2.36. The molecule has 0 radical (unpaired) electrons. The summed E-state index contributed by atoms with van der Waals surface area (Å²) in [6, 6.07) is 5.27. The Morgan fingerprint density at radius 1 is 1.27 bits per heavy atom. The molecule has 7 heteroatoms. The van der Waals surface area contributed by atoms with E-state index in [4.69, 9.17) is 16.3 Å². The molecule has 3 rings (SSSR count). The van der Waals surface area contributed by atoms with Gasteiger partial charge in [-0.1, -0.05) is 18.0 Å². The summed E-state index contributed by atoms with van der Waals surface area (Å²) in [5, 5.41) is 3.57. The van der Waals surface area contributed by atoms with Crippen molar-refractivity contribution < 1.29 is 14.3 Å². The fraction of sp³-hybridized carbons (Fsp3) is 0.579. The minimum Gasteiger partial charge on any atom is -0.496 e. The number of nitrogens with one attached hydrogen (secondary N) is 1. The normalized spacial score (nSPS) is 21.8. The Kier molecular flexibility index (Phi) is 6.38. The van der Waals surface area contributed by atoms with E-state index in [-0.39, 0.29) is 17.9 Å². The van der Waals surface area contributed by atoms with E-state index in [9.17, 15) is 9.59 Å². The molecule has 6 nitrogen and oxygen atoms in total. The van der Waals surface area contributed by atoms with Crippen LogP contribution in [0.5, 0.6) is 5.75 Å². The van der Waals surface area contributed by atoms with Crippen molar-refractivity contribution in [3.8, 4) is 5.75 Å². The zero-order valence-corrected chi connectivity index (χ0v) is 15.9. The molecule has 2 heterocycles. The molecule has 2 amide bonds. The molecule has 0 saturated carbocycles. The van der Waals surface area contributed by atoms with Crippen molar-refractivity contribution in [2.45, 2.75) is 38.3 Å². The van der Waals surface area contributed by atoms with Gasteiger partial charge in [0.25, 0.3) is 0 Å². The fourth-order valence-corrected chi connectivity index (χ4v) is 3.81. The standard InChI is InChI=1S/C19H26ClN3O3/c1-26-17-7-6-15(20)12-14(17)13-22-8-10-23(11-9-22)19(25)16-4-2-3-5-18(24)21-16/h6-7,12,16H,2-5,8-11,13H2,1H3,(H,21,24). The number of nitrogens with zero attached hydrogens (tertiary/aromatic N) is 2. The molecule has 1 atom stereocenters. The number of carbonyl (C=O) groups excluding carboxylic acids is 2. The van der Waals surface area contributed by atoms with Crippen LogP contribution in [-0.2, 0) is 16.1 Å². The Balaban J connectivity index is 1.55. The van der Waals surface area contributed by atoms with Crippen molar-refractivity contribution in [1.29, 1.82) is 0 Å². The van der Waals surface area contributed by atoms with Crippen LogP contribution in [0.2, 0.25) is 5.02 Å². The first kappa shape index (κ1) is 19.0. The van der Waals surface area contributed by atoms with Gasteiger partial charge < -0.3 is 15.0 Å². The molecule has 2 aliphatic heterocycles. The molecule has 1 unspecified atom stereocenters. The van der Waals surface area contributed by atoms with E-state index in [1.165, 1.54) is 0 Å². The van der Waals surface area contributed by atoms with Crippen molar-refractivity contribution in [1.82, 2.24) is 15.1 Å². The Morgan fingerprint density at radius 2 is 2.04 bits per heavy atom. The van der Waals surface area contributed by atoms with Crippen LogP contribution in [0.1, 0.15) is 31.2 Å². The Morgan fingerprint density at radius 3 is 2.77 bits per heavy atom. The van der Waals surface area contributed by atoms with Gasteiger partial charge in [0, 0.05) is 49.7 Å². The number of rotatable bonds is 4. The highest BCUT2D eigenvalue weighted by atomic mass is 35.5. The lowest BCUT2D eigenvalue weighted by atomic mass is 10.1. The summed E-state index contributed by atoms with van der Waals surface area (Å²) in [7, 11) is 1.66. The van der Waals surface area contributed by atoms with E-state index in [0.29, 0.717) is 24.5 Å². The zero-order valence-electron chi connectivity index (χ0n) is 15.2. The van der Waals surface area contributed by atoms with Gasteiger partial charge in [0.2, 0.25) is 11.8 Å². The first-order valence-corrected chi connectivity index (χ1v) is 9.57. The SMILES string of the molecule is COc1ccc(Cl)cc1CN1CCN(C(=O)C2CCCCC(=O)N2)CC1. The Bertz CT molecular complexity index is 659. The third-order valence-electron chi connectivity index (χ3n) is 5.10. The molecule has 0 aromatic heterocycles. The van der Waals surface area contributed by atoms with E-state index >= 15 is 0 Å². The average Bonchev–Trinajstić information content (AvgIpc) is 2.86. The lowest BCUT2D eigenvalue weighted by Crippen LogP contribution is -2.54. The van der Waals surface area contributed by atoms with Crippen LogP contribution in [0, 0.1) is 0 Å². The predicted molar refractivity (Wildman–Crippen MR) is 100 cm³/mol. The van der Waals surface area contributed by atoms with Crippen molar-refractivity contribution in [2.24, 2.45) is 0 Å². The first-order valence-electron chi connectivity index (χ1n) is 9.20. The van der Waals surface area contributed by atoms with Gasteiger partial charge in [-0.2, -0.15) is 0 Å². The number of methoxy groups -OCH3 is 1. The van der Waals surface area contributed by atoms with E-state index in [1.807, 2.05) is 23.1 Å². The number of hydrogen-bond donors (Lipinski definition) is 1. The highest BCUT2D eigenvalue weighted by Gasteiger charge is 2.29. The first-order chi connectivity index (χ1) is 12.6. The number of piperazine rings is 1. The van der Waals surface area contributed by atoms with Gasteiger partial charge >= 0.3 is 0 Å². The Hall–Kier alpha value is -1.79. The minimum atomic E-state index is -0.357. The average molecular weight is 380 g/mol. The second-order valence-electron chi connectivity index (χ2n) is 6.92. The largest absolute Gasteiger partial charge is 0.496 e. The summed E-state index contributed by atoms with van der Waals surface area (Å²) >= 11 is 6.11. The van der Waals surface area contributed by atoms with Gasteiger partial charge in [-0.15, -0.1) is 0 Å². The molecule has 2 saturated heterocycles. The minimum absolute atomic E-state index is 0.00691. The molecule has 2 aliphatic rings. The van der Waals surface area contributed by atoms with Gasteiger partial charge in [0.05, 0.1) is 7.11 Å². The Labute approximate surface area is 159 Å². The third-order valence-corrected chi connectivity index (χ3v) is 5.34. The van der Waals surface area contributed by atoms with Gasteiger partial charge in [-0.05, 0) is 31.0 Å². The number of halogens is 1. The van der Waals surface area contributed by atoms with Crippen LogP contribution in [0.15, 0.2) is 18.2 Å². The van der Waals surface area contributed by atoms with Crippen LogP contribution in [-0.4, -0.2) is 60.9 Å². The number of ether oxygens (including phenoxy) is 1. The lowest BCUT2D eigenvalue weighted by molar-refractivity contribution is -0.137. The topological polar surface area (TPSA) is 61.9 Å². The van der Waals surface area contributed by atoms with Crippen LogP contribution in [0.3, 0.4) is 0 Å². The number of carbonyl (C=O) groups is 2. The molecule has 142 valence electrons. The van der Waals surface area contributed by atoms with Gasteiger partial charge in [-0.25, -0.2) is 0 Å². The van der Waals surface area contributed by atoms with Crippen molar-refractivity contribution in [3.05, 3.63) is 28.8 Å². The summed E-state index contributed by atoms with van der Waals surface area (Å²) in [5.41, 5.74) is 1.05. The predicted octanol–water partition coefficient (Wildman–Crippen LogP) is 2.05. The summed E-state index contributed by atoms with van der Waals surface area (Å²) < 4.78 is 5.41. The zero-order chi connectivity index (χ0) is 18.5. The van der Waals surface area contributed by atoms with E-state index in [2.05, 4.69) is 10.2 Å². The van der Waals surface area contributed by atoms with Crippen molar-refractivity contribution in [2.75, 3.05) is 33.3 Å². The molecule has 0 spiro atoms. The maximum Gasteiger partial charge on any atom is 0.245 e. The van der Waals surface area contributed by atoms with Crippen LogP contribution >= 0.6 is 11.6 Å². The monoisotopic (exact) mass is 379 g/mol. The van der Waals surface area contributed by atoms with Gasteiger partial charge in [0.1, 0.15) is 11.8 Å². The summed E-state index contributed by atoms with van der Waals surface area (Å²) in [6.45, 7) is 3.68. The summed E-state index contributed by atoms with van der Waals surface area (Å²) in [5.74, 6) is 0.877. The molecule has 0 bridgehead atoms. The molecule has 1 aromatic carbocycles. The number of benzene rings is 1. The fourth-order valence-electron chi connectivity index (χ4n) is 3.62. The third kappa shape index (κ3) is 4.68. The van der Waals surface area contributed by atoms with Crippen LogP contribution in [0.4, 0.5) is 0 Å². The quantitative estimate of drug-likeness (QED) is 0.869. The second-order valence-corrected chi connectivity index (χ2v) is 7.36. The van der Waals surface area contributed by atoms with Crippen LogP contribution < -0.4 is 10.1 Å².